The summed E-state index contributed by atoms with van der Waals surface area (Å²) in [6.45, 7) is 4.12. The summed E-state index contributed by atoms with van der Waals surface area (Å²) in [5, 5.41) is 6.44. The molecule has 2 aromatic heterocycles. The second-order valence-electron chi connectivity index (χ2n) is 9.40. The molecule has 176 valence electrons. The Balaban J connectivity index is 1.42. The number of amidine groups is 1. The fourth-order valence-electron chi connectivity index (χ4n) is 4.95. The summed E-state index contributed by atoms with van der Waals surface area (Å²) in [6.07, 6.45) is 13.0. The molecule has 0 saturated carbocycles. The molecule has 9 heteroatoms. The second kappa shape index (κ2) is 9.41. The van der Waals surface area contributed by atoms with E-state index < -0.39 is 0 Å². The van der Waals surface area contributed by atoms with Gasteiger partial charge in [0.1, 0.15) is 11.5 Å². The minimum absolute atomic E-state index is 0.0277. The van der Waals surface area contributed by atoms with E-state index in [2.05, 4.69) is 25.2 Å². The Hall–Kier alpha value is -3.10. The molecule has 0 bridgehead atoms. The van der Waals surface area contributed by atoms with Crippen molar-refractivity contribution in [1.82, 2.24) is 24.4 Å². The summed E-state index contributed by atoms with van der Waals surface area (Å²) in [5.41, 5.74) is 2.73. The minimum atomic E-state index is -0.0277. The van der Waals surface area contributed by atoms with Crippen LogP contribution < -0.4 is 10.3 Å². The van der Waals surface area contributed by atoms with Gasteiger partial charge in [-0.15, -0.1) is 0 Å². The Morgan fingerprint density at radius 1 is 1.00 bits per heavy atom. The van der Waals surface area contributed by atoms with Crippen molar-refractivity contribution in [2.45, 2.75) is 51.4 Å². The number of fused-ring (bicyclic) bond motifs is 1. The monoisotopic (exact) mass is 450 g/mol. The number of allylic oxidation sites excluding steroid dienone is 1. The van der Waals surface area contributed by atoms with Gasteiger partial charge in [0.15, 0.2) is 5.65 Å². The molecule has 0 unspecified atom stereocenters. The first-order chi connectivity index (χ1) is 16.1. The van der Waals surface area contributed by atoms with Crippen LogP contribution in [0.15, 0.2) is 29.2 Å². The van der Waals surface area contributed by atoms with E-state index in [0.717, 1.165) is 68.7 Å². The first-order valence-electron chi connectivity index (χ1n) is 12.2. The predicted octanol–water partition coefficient (Wildman–Crippen LogP) is 3.19. The molecule has 1 amide bonds. The summed E-state index contributed by atoms with van der Waals surface area (Å²) >= 11 is 0. The van der Waals surface area contributed by atoms with E-state index in [1.807, 2.05) is 16.9 Å². The van der Waals surface area contributed by atoms with Gasteiger partial charge >= 0.3 is 0 Å². The molecule has 0 spiro atoms. The molecule has 9 nitrogen and oxygen atoms in total. The van der Waals surface area contributed by atoms with Crippen LogP contribution in [-0.2, 0) is 0 Å². The molecular weight excluding hydrogens is 416 g/mol. The first-order valence-corrected chi connectivity index (χ1v) is 12.2. The predicted molar refractivity (Wildman–Crippen MR) is 131 cm³/mol. The highest BCUT2D eigenvalue weighted by atomic mass is 16.2. The van der Waals surface area contributed by atoms with Crippen LogP contribution in [0.3, 0.4) is 0 Å². The molecule has 2 aromatic rings. The maximum atomic E-state index is 12.9. The van der Waals surface area contributed by atoms with Crippen LogP contribution in [0.5, 0.6) is 0 Å². The van der Waals surface area contributed by atoms with Gasteiger partial charge < -0.3 is 20.1 Å². The molecule has 1 N–H and O–H groups in total. The zero-order valence-corrected chi connectivity index (χ0v) is 19.8. The van der Waals surface area contributed by atoms with E-state index in [4.69, 9.17) is 4.98 Å². The van der Waals surface area contributed by atoms with E-state index in [0.29, 0.717) is 11.6 Å². The lowest BCUT2D eigenvalue weighted by Crippen LogP contribution is -2.42. The van der Waals surface area contributed by atoms with E-state index in [9.17, 15) is 4.79 Å². The average Bonchev–Trinajstić information content (AvgIpc) is 3.24. The van der Waals surface area contributed by atoms with Crippen LogP contribution in [-0.4, -0.2) is 76.5 Å². The first kappa shape index (κ1) is 21.7. The highest BCUT2D eigenvalue weighted by Gasteiger charge is 2.24. The number of anilines is 1. The van der Waals surface area contributed by atoms with Crippen molar-refractivity contribution in [2.24, 2.45) is 4.99 Å². The normalized spacial score (nSPS) is 19.3. The van der Waals surface area contributed by atoms with Gasteiger partial charge in [-0.1, -0.05) is 0 Å². The van der Waals surface area contributed by atoms with Gasteiger partial charge in [0.25, 0.3) is 5.91 Å². The molecular formula is C24H34N8O. The molecule has 5 heterocycles. The molecule has 3 aliphatic heterocycles. The number of piperidine rings is 2. The smallest absolute Gasteiger partial charge is 0.272 e. The molecule has 0 atom stereocenters. The van der Waals surface area contributed by atoms with Crippen molar-refractivity contribution in [3.8, 4) is 0 Å². The van der Waals surface area contributed by atoms with Gasteiger partial charge in [0, 0.05) is 70.2 Å². The number of nitrogens with zero attached hydrogens (tertiary/aromatic N) is 7. The Bertz CT molecular complexity index is 1070. The number of nitrogens with one attached hydrogen (secondary N) is 1. The van der Waals surface area contributed by atoms with Crippen molar-refractivity contribution in [1.29, 1.82) is 0 Å². The summed E-state index contributed by atoms with van der Waals surface area (Å²) in [7, 11) is 3.57. The number of carbonyl (C=O) groups is 1. The zero-order valence-electron chi connectivity index (χ0n) is 19.8. The van der Waals surface area contributed by atoms with Gasteiger partial charge in [0.2, 0.25) is 5.95 Å². The average molecular weight is 451 g/mol. The van der Waals surface area contributed by atoms with Gasteiger partial charge in [-0.3, -0.25) is 4.79 Å². The Morgan fingerprint density at radius 2 is 1.73 bits per heavy atom. The van der Waals surface area contributed by atoms with Gasteiger partial charge in [-0.05, 0) is 51.0 Å². The minimum Gasteiger partial charge on any atom is -0.374 e. The number of likely N-dealkylation sites (tertiary alicyclic amines) is 1. The van der Waals surface area contributed by atoms with Crippen molar-refractivity contribution in [3.05, 3.63) is 29.9 Å². The summed E-state index contributed by atoms with van der Waals surface area (Å²) in [4.78, 5) is 31.0. The summed E-state index contributed by atoms with van der Waals surface area (Å²) in [6, 6.07) is 1.90. The molecule has 2 saturated heterocycles. The van der Waals surface area contributed by atoms with Crippen molar-refractivity contribution >= 4 is 28.7 Å². The highest BCUT2D eigenvalue weighted by molar-refractivity contribution is 5.99. The van der Waals surface area contributed by atoms with Crippen LogP contribution in [0.1, 0.15) is 61.9 Å². The molecule has 33 heavy (non-hydrogen) atoms. The number of amides is 1. The third-order valence-corrected chi connectivity index (χ3v) is 6.76. The second-order valence-corrected chi connectivity index (χ2v) is 9.40. The zero-order chi connectivity index (χ0) is 22.8. The van der Waals surface area contributed by atoms with E-state index >= 15 is 0 Å². The fraction of sp³-hybridized carbons (Fsp3) is 0.583. The number of aromatic nitrogens is 3. The van der Waals surface area contributed by atoms with E-state index in [-0.39, 0.29) is 5.91 Å². The Labute approximate surface area is 195 Å². The van der Waals surface area contributed by atoms with Crippen molar-refractivity contribution in [3.63, 3.8) is 0 Å². The number of hydrogen-bond donors (Lipinski definition) is 1. The SMILES string of the molecule is CN(C)C(=O)c1cc2cnc(NC3=NC=C(N4CCCCC4)CC3)nc2n1N1CCCCC1. The topological polar surface area (TPSA) is 81.9 Å². The fourth-order valence-corrected chi connectivity index (χ4v) is 4.95. The molecule has 0 aromatic carbocycles. The van der Waals surface area contributed by atoms with Crippen LogP contribution >= 0.6 is 0 Å². The summed E-state index contributed by atoms with van der Waals surface area (Å²) < 4.78 is 2.00. The maximum absolute atomic E-state index is 12.9. The number of rotatable bonds is 4. The molecule has 5 rings (SSSR count). The van der Waals surface area contributed by atoms with Crippen molar-refractivity contribution in [2.75, 3.05) is 50.6 Å². The Morgan fingerprint density at radius 3 is 2.39 bits per heavy atom. The maximum Gasteiger partial charge on any atom is 0.272 e. The largest absolute Gasteiger partial charge is 0.374 e. The van der Waals surface area contributed by atoms with E-state index in [1.54, 1.807) is 25.2 Å². The van der Waals surface area contributed by atoms with Crippen LogP contribution in [0.4, 0.5) is 5.95 Å². The molecule has 2 fully saturated rings. The third kappa shape index (κ3) is 4.54. The van der Waals surface area contributed by atoms with E-state index in [1.165, 1.54) is 31.4 Å². The van der Waals surface area contributed by atoms with Crippen LogP contribution in [0.25, 0.3) is 11.0 Å². The third-order valence-electron chi connectivity index (χ3n) is 6.76. The van der Waals surface area contributed by atoms with Crippen LogP contribution in [0, 0.1) is 0 Å². The van der Waals surface area contributed by atoms with Gasteiger partial charge in [-0.25, -0.2) is 14.7 Å². The molecule has 0 aliphatic carbocycles. The lowest BCUT2D eigenvalue weighted by Gasteiger charge is -2.32. The summed E-state index contributed by atoms with van der Waals surface area (Å²) in [5.74, 6) is 1.38. The lowest BCUT2D eigenvalue weighted by atomic mass is 10.1. The quantitative estimate of drug-likeness (QED) is 0.771. The number of hydrogen-bond acceptors (Lipinski definition) is 7. The molecule has 0 radical (unpaired) electrons. The lowest BCUT2D eigenvalue weighted by molar-refractivity contribution is 0.0816. The van der Waals surface area contributed by atoms with Crippen molar-refractivity contribution < 1.29 is 4.79 Å². The Kier molecular flexibility index (Phi) is 6.20. The standard InChI is InChI=1S/C24H34N8O/c1-29(2)23(33)20-15-18-16-26-24(28-22(18)32(20)31-13-7-4-8-14-31)27-21-10-9-19(17-25-21)30-11-5-3-6-12-30/h15-17H,3-14H2,1-2H3,(H,25,26,27,28). The highest BCUT2D eigenvalue weighted by Crippen LogP contribution is 2.24. The van der Waals surface area contributed by atoms with Gasteiger partial charge in [-0.2, -0.15) is 4.98 Å². The van der Waals surface area contributed by atoms with Crippen LogP contribution in [0.2, 0.25) is 0 Å². The number of aliphatic imine (C=N–C) groups is 1. The molecule has 3 aliphatic rings. The van der Waals surface area contributed by atoms with Gasteiger partial charge in [0.05, 0.1) is 0 Å². The number of carbonyl (C=O) groups excluding carboxylic acids is 1.